The number of nitrogens with one attached hydrogen (secondary N) is 1. The number of halogens is 4. The number of hydrogen-bond acceptors (Lipinski definition) is 1. The molecule has 7 heteroatoms. The van der Waals surface area contributed by atoms with Gasteiger partial charge in [0.15, 0.2) is 23.3 Å². The highest BCUT2D eigenvalue weighted by molar-refractivity contribution is 5.92. The minimum Gasteiger partial charge on any atom is -0.338 e. The average Bonchev–Trinajstić information content (AvgIpc) is 2.29. The molecule has 1 heterocycles. The van der Waals surface area contributed by atoms with E-state index in [-0.39, 0.29) is 12.6 Å². The molecule has 1 aromatic rings. The minimum atomic E-state index is -1.57. The lowest BCUT2D eigenvalue weighted by Gasteiger charge is -2.28. The van der Waals surface area contributed by atoms with Crippen LogP contribution in [0.4, 0.5) is 28.0 Å². The van der Waals surface area contributed by atoms with Gasteiger partial charge in [0.25, 0.3) is 0 Å². The van der Waals surface area contributed by atoms with Crippen molar-refractivity contribution in [1.29, 1.82) is 0 Å². The molecule has 1 fully saturated rings. The first kappa shape index (κ1) is 11.7. The lowest BCUT2D eigenvalue weighted by molar-refractivity contribution is 0.242. The van der Waals surface area contributed by atoms with E-state index in [1.165, 1.54) is 0 Å². The van der Waals surface area contributed by atoms with Gasteiger partial charge in [-0.15, -0.1) is 0 Å². The maximum Gasteiger partial charge on any atom is 0.322 e. The summed E-state index contributed by atoms with van der Waals surface area (Å²) in [5.74, 6) is -6.20. The molecule has 0 unspecified atom stereocenters. The van der Waals surface area contributed by atoms with Gasteiger partial charge in [0.05, 0.1) is 0 Å². The molecular formula is C10H8F4N2O. The molecule has 0 radical (unpaired) electrons. The molecule has 1 aromatic carbocycles. The van der Waals surface area contributed by atoms with E-state index in [2.05, 4.69) is 5.32 Å². The van der Waals surface area contributed by atoms with E-state index >= 15 is 0 Å². The summed E-state index contributed by atoms with van der Waals surface area (Å²) in [6.07, 6.45) is 0.433. The van der Waals surface area contributed by atoms with Gasteiger partial charge < -0.3 is 5.32 Å². The van der Waals surface area contributed by atoms with Crippen LogP contribution in [0.25, 0.3) is 0 Å². The molecule has 0 spiro atoms. The fourth-order valence-electron chi connectivity index (χ4n) is 1.64. The second-order valence-corrected chi connectivity index (χ2v) is 3.55. The first-order valence-electron chi connectivity index (χ1n) is 4.90. The lowest BCUT2D eigenvalue weighted by Crippen LogP contribution is -2.47. The lowest BCUT2D eigenvalue weighted by atomic mass is 10.2. The summed E-state index contributed by atoms with van der Waals surface area (Å²) in [6.45, 7) is 0.360. The number of anilines is 1. The predicted molar refractivity (Wildman–Crippen MR) is 51.6 cm³/mol. The van der Waals surface area contributed by atoms with Crippen LogP contribution in [-0.4, -0.2) is 19.1 Å². The van der Waals surface area contributed by atoms with Crippen molar-refractivity contribution in [2.75, 3.05) is 18.0 Å². The van der Waals surface area contributed by atoms with Gasteiger partial charge >= 0.3 is 6.03 Å². The van der Waals surface area contributed by atoms with Crippen LogP contribution in [0.3, 0.4) is 0 Å². The van der Waals surface area contributed by atoms with Gasteiger partial charge in [0, 0.05) is 19.2 Å². The maximum atomic E-state index is 13.4. The van der Waals surface area contributed by atoms with E-state index in [1.807, 2.05) is 0 Å². The molecule has 0 atom stereocenters. The monoisotopic (exact) mass is 248 g/mol. The zero-order chi connectivity index (χ0) is 12.6. The maximum absolute atomic E-state index is 13.4. The highest BCUT2D eigenvalue weighted by Crippen LogP contribution is 2.28. The van der Waals surface area contributed by atoms with E-state index in [1.54, 1.807) is 0 Å². The highest BCUT2D eigenvalue weighted by Gasteiger charge is 2.29. The van der Waals surface area contributed by atoms with E-state index in [4.69, 9.17) is 0 Å². The molecule has 2 rings (SSSR count). The quantitative estimate of drug-likeness (QED) is 0.599. The van der Waals surface area contributed by atoms with Gasteiger partial charge in [0.2, 0.25) is 0 Å². The smallest absolute Gasteiger partial charge is 0.322 e. The molecule has 0 saturated carbocycles. The molecule has 0 aliphatic carbocycles. The number of hydrogen-bond donors (Lipinski definition) is 1. The van der Waals surface area contributed by atoms with Crippen LogP contribution in [0, 0.1) is 23.3 Å². The second kappa shape index (κ2) is 4.23. The van der Waals surface area contributed by atoms with Crippen molar-refractivity contribution in [2.45, 2.75) is 6.42 Å². The van der Waals surface area contributed by atoms with Crippen molar-refractivity contribution < 1.29 is 22.4 Å². The van der Waals surface area contributed by atoms with Crippen molar-refractivity contribution in [3.05, 3.63) is 29.3 Å². The zero-order valence-electron chi connectivity index (χ0n) is 8.57. The second-order valence-electron chi connectivity index (χ2n) is 3.55. The molecule has 2 amide bonds. The number of carbonyl (C=O) groups is 1. The molecule has 1 aliphatic rings. The number of benzene rings is 1. The van der Waals surface area contributed by atoms with Crippen LogP contribution in [0.2, 0.25) is 0 Å². The highest BCUT2D eigenvalue weighted by atomic mass is 19.2. The summed E-state index contributed by atoms with van der Waals surface area (Å²) in [5, 5.41) is 2.33. The first-order valence-corrected chi connectivity index (χ1v) is 4.90. The molecule has 0 bridgehead atoms. The van der Waals surface area contributed by atoms with Crippen molar-refractivity contribution >= 4 is 11.7 Å². The van der Waals surface area contributed by atoms with Crippen LogP contribution in [-0.2, 0) is 0 Å². The van der Waals surface area contributed by atoms with E-state index in [0.717, 1.165) is 0 Å². The summed E-state index contributed by atoms with van der Waals surface area (Å²) in [6, 6.07) is -0.671. The summed E-state index contributed by atoms with van der Waals surface area (Å²) in [4.78, 5) is 12.0. The largest absolute Gasteiger partial charge is 0.338 e. The molecule has 17 heavy (non-hydrogen) atoms. The van der Waals surface area contributed by atoms with Gasteiger partial charge in [-0.25, -0.2) is 22.4 Å². The van der Waals surface area contributed by atoms with E-state index < -0.39 is 35.0 Å². The zero-order valence-corrected chi connectivity index (χ0v) is 8.57. The standard InChI is InChI=1S/C10H8F4N2O/c11-5-4-6(12)8(14)9(7(5)13)16-3-1-2-15-10(16)17/h4H,1-3H2,(H,15,17). The molecule has 1 saturated heterocycles. The number of nitrogens with zero attached hydrogens (tertiary/aromatic N) is 1. The van der Waals surface area contributed by atoms with E-state index in [9.17, 15) is 22.4 Å². The van der Waals surface area contributed by atoms with Crippen LogP contribution >= 0.6 is 0 Å². The Labute approximate surface area is 94.0 Å². The summed E-state index contributed by atoms with van der Waals surface area (Å²) in [5.41, 5.74) is -0.986. The number of rotatable bonds is 1. The summed E-state index contributed by atoms with van der Waals surface area (Å²) < 4.78 is 52.7. The van der Waals surface area contributed by atoms with Crippen molar-refractivity contribution in [3.63, 3.8) is 0 Å². The third kappa shape index (κ3) is 1.92. The van der Waals surface area contributed by atoms with Gasteiger partial charge in [0.1, 0.15) is 5.69 Å². The molecule has 1 aliphatic heterocycles. The van der Waals surface area contributed by atoms with Gasteiger partial charge in [-0.3, -0.25) is 4.90 Å². The Morgan fingerprint density at radius 2 is 1.71 bits per heavy atom. The van der Waals surface area contributed by atoms with Gasteiger partial charge in [-0.05, 0) is 6.42 Å². The third-order valence-electron chi connectivity index (χ3n) is 2.44. The van der Waals surface area contributed by atoms with Crippen molar-refractivity contribution in [1.82, 2.24) is 5.32 Å². The molecule has 3 nitrogen and oxygen atoms in total. The Kier molecular flexibility index (Phi) is 2.91. The molecule has 1 N–H and O–H groups in total. The minimum absolute atomic E-state index is 0.00255. The fraction of sp³-hybridized carbons (Fsp3) is 0.300. The Morgan fingerprint density at radius 1 is 1.12 bits per heavy atom. The number of urea groups is 1. The van der Waals surface area contributed by atoms with Crippen LogP contribution in [0.15, 0.2) is 6.07 Å². The van der Waals surface area contributed by atoms with Gasteiger partial charge in [-0.1, -0.05) is 0 Å². The fourth-order valence-corrected chi connectivity index (χ4v) is 1.64. The SMILES string of the molecule is O=C1NCCCN1c1c(F)c(F)cc(F)c1F. The van der Waals surface area contributed by atoms with Crippen molar-refractivity contribution in [2.24, 2.45) is 0 Å². The Morgan fingerprint density at radius 3 is 2.24 bits per heavy atom. The topological polar surface area (TPSA) is 32.3 Å². The number of amides is 2. The van der Waals surface area contributed by atoms with Gasteiger partial charge in [-0.2, -0.15) is 0 Å². The van der Waals surface area contributed by atoms with Crippen LogP contribution < -0.4 is 10.2 Å². The summed E-state index contributed by atoms with van der Waals surface area (Å²) >= 11 is 0. The Bertz CT molecular complexity index is 452. The Balaban J connectivity index is 2.53. The normalized spacial score (nSPS) is 16.0. The molecular weight excluding hydrogens is 240 g/mol. The Hall–Kier alpha value is -1.79. The molecule has 92 valence electrons. The van der Waals surface area contributed by atoms with E-state index in [0.29, 0.717) is 17.9 Å². The van der Waals surface area contributed by atoms with Crippen LogP contribution in [0.5, 0.6) is 0 Å². The third-order valence-corrected chi connectivity index (χ3v) is 2.44. The molecule has 0 aromatic heterocycles. The predicted octanol–water partition coefficient (Wildman–Crippen LogP) is 2.16. The van der Waals surface area contributed by atoms with Crippen LogP contribution in [0.1, 0.15) is 6.42 Å². The average molecular weight is 248 g/mol. The van der Waals surface area contributed by atoms with Crippen molar-refractivity contribution in [3.8, 4) is 0 Å². The first-order chi connectivity index (χ1) is 8.02. The summed E-state index contributed by atoms with van der Waals surface area (Å²) in [7, 11) is 0. The number of carbonyl (C=O) groups excluding carboxylic acids is 1.